The lowest BCUT2D eigenvalue weighted by Gasteiger charge is -2.15. The highest BCUT2D eigenvalue weighted by Crippen LogP contribution is 2.28. The van der Waals surface area contributed by atoms with Gasteiger partial charge in [0.15, 0.2) is 0 Å². The molecule has 2 heterocycles. The Morgan fingerprint density at radius 3 is 2.81 bits per heavy atom. The van der Waals surface area contributed by atoms with Crippen molar-refractivity contribution in [2.24, 2.45) is 0 Å². The number of carbonyl (C=O) groups is 1. The lowest BCUT2D eigenvalue weighted by atomic mass is 10.1. The first-order valence-electron chi connectivity index (χ1n) is 8.60. The minimum absolute atomic E-state index is 0.0939. The molecule has 0 radical (unpaired) electrons. The molecular formula is C20H18FN3O2. The maximum absolute atomic E-state index is 13.4. The second-order valence-electron chi connectivity index (χ2n) is 6.44. The average molecular weight is 351 g/mol. The van der Waals surface area contributed by atoms with Gasteiger partial charge in [0.1, 0.15) is 5.82 Å². The van der Waals surface area contributed by atoms with E-state index in [4.69, 9.17) is 4.52 Å². The molecule has 1 aliphatic heterocycles. The molecule has 132 valence electrons. The van der Waals surface area contributed by atoms with Crippen molar-refractivity contribution in [3.05, 3.63) is 71.9 Å². The molecule has 6 heteroatoms. The molecule has 1 unspecified atom stereocenters. The van der Waals surface area contributed by atoms with Crippen molar-refractivity contribution >= 4 is 5.91 Å². The number of halogens is 1. The molecule has 1 aliphatic rings. The highest BCUT2D eigenvalue weighted by molar-refractivity contribution is 5.79. The fourth-order valence-corrected chi connectivity index (χ4v) is 3.21. The Labute approximate surface area is 150 Å². The Hall–Kier alpha value is -3.02. The number of likely N-dealkylation sites (tertiary alicyclic amines) is 1. The number of hydrogen-bond acceptors (Lipinski definition) is 4. The molecule has 3 aromatic rings. The molecule has 26 heavy (non-hydrogen) atoms. The third kappa shape index (κ3) is 3.49. The molecule has 4 rings (SSSR count). The van der Waals surface area contributed by atoms with Crippen LogP contribution in [0.1, 0.15) is 23.8 Å². The van der Waals surface area contributed by atoms with Crippen LogP contribution in [0.25, 0.3) is 11.4 Å². The summed E-state index contributed by atoms with van der Waals surface area (Å²) in [6.07, 6.45) is 1.18. The van der Waals surface area contributed by atoms with E-state index in [1.165, 1.54) is 17.7 Å². The average Bonchev–Trinajstić information content (AvgIpc) is 3.28. The van der Waals surface area contributed by atoms with Crippen LogP contribution in [0.15, 0.2) is 59.1 Å². The van der Waals surface area contributed by atoms with Gasteiger partial charge in [0, 0.05) is 25.1 Å². The van der Waals surface area contributed by atoms with Gasteiger partial charge in [0.2, 0.25) is 17.6 Å². The quantitative estimate of drug-likeness (QED) is 0.707. The summed E-state index contributed by atoms with van der Waals surface area (Å²) >= 11 is 0. The highest BCUT2D eigenvalue weighted by atomic mass is 19.1. The Morgan fingerprint density at radius 1 is 1.15 bits per heavy atom. The summed E-state index contributed by atoms with van der Waals surface area (Å²) in [5.74, 6) is 0.399. The first-order chi connectivity index (χ1) is 12.7. The predicted octanol–water partition coefficient (Wildman–Crippen LogP) is 3.43. The SMILES string of the molecule is O=C1CC(c2nc(-c3cccc(F)c3)no2)CN1CCc1ccccc1. The Kier molecular flexibility index (Phi) is 4.48. The molecule has 1 saturated heterocycles. The monoisotopic (exact) mass is 351 g/mol. The summed E-state index contributed by atoms with van der Waals surface area (Å²) in [7, 11) is 0. The van der Waals surface area contributed by atoms with Gasteiger partial charge in [-0.15, -0.1) is 0 Å². The lowest BCUT2D eigenvalue weighted by Crippen LogP contribution is -2.27. The van der Waals surface area contributed by atoms with Crippen molar-refractivity contribution in [2.75, 3.05) is 13.1 Å². The maximum atomic E-state index is 13.4. The Morgan fingerprint density at radius 2 is 2.00 bits per heavy atom. The first kappa shape index (κ1) is 16.4. The number of aromatic nitrogens is 2. The van der Waals surface area contributed by atoms with Crippen LogP contribution in [-0.2, 0) is 11.2 Å². The normalized spacial score (nSPS) is 17.0. The van der Waals surface area contributed by atoms with E-state index < -0.39 is 0 Å². The van der Waals surface area contributed by atoms with Gasteiger partial charge in [-0.3, -0.25) is 4.79 Å². The molecule has 1 fully saturated rings. The minimum Gasteiger partial charge on any atom is -0.342 e. The van der Waals surface area contributed by atoms with Crippen LogP contribution in [0.3, 0.4) is 0 Å². The van der Waals surface area contributed by atoms with Gasteiger partial charge in [-0.25, -0.2) is 4.39 Å². The van der Waals surface area contributed by atoms with Crippen LogP contribution in [0.2, 0.25) is 0 Å². The topological polar surface area (TPSA) is 59.2 Å². The van der Waals surface area contributed by atoms with Gasteiger partial charge in [0.05, 0.1) is 5.92 Å². The molecule has 0 aliphatic carbocycles. The van der Waals surface area contributed by atoms with Crippen molar-refractivity contribution in [2.45, 2.75) is 18.8 Å². The molecule has 2 aromatic carbocycles. The van der Waals surface area contributed by atoms with Gasteiger partial charge in [-0.05, 0) is 24.1 Å². The molecule has 1 atom stereocenters. The van der Waals surface area contributed by atoms with Crippen LogP contribution >= 0.6 is 0 Å². The van der Waals surface area contributed by atoms with Crippen molar-refractivity contribution < 1.29 is 13.7 Å². The summed E-state index contributed by atoms with van der Waals surface area (Å²) in [6, 6.07) is 16.1. The van der Waals surface area contributed by atoms with Crippen molar-refractivity contribution in [3.8, 4) is 11.4 Å². The zero-order valence-electron chi connectivity index (χ0n) is 14.1. The van der Waals surface area contributed by atoms with Gasteiger partial charge in [0.25, 0.3) is 0 Å². The standard InChI is InChI=1S/C20H18FN3O2/c21-17-8-4-7-15(11-17)19-22-20(26-23-19)16-12-18(25)24(13-16)10-9-14-5-2-1-3-6-14/h1-8,11,16H,9-10,12-13H2. The summed E-state index contributed by atoms with van der Waals surface area (Å²) < 4.78 is 18.7. The van der Waals surface area contributed by atoms with Gasteiger partial charge in [-0.1, -0.05) is 47.6 Å². The summed E-state index contributed by atoms with van der Waals surface area (Å²) in [5, 5.41) is 3.93. The van der Waals surface area contributed by atoms with Crippen molar-refractivity contribution in [1.29, 1.82) is 0 Å². The summed E-state index contributed by atoms with van der Waals surface area (Å²) in [5.41, 5.74) is 1.76. The van der Waals surface area contributed by atoms with E-state index in [0.29, 0.717) is 36.8 Å². The highest BCUT2D eigenvalue weighted by Gasteiger charge is 2.34. The minimum atomic E-state index is -0.350. The van der Waals surface area contributed by atoms with Crippen LogP contribution in [0.5, 0.6) is 0 Å². The van der Waals surface area contributed by atoms with Crippen LogP contribution < -0.4 is 0 Å². The van der Waals surface area contributed by atoms with E-state index in [9.17, 15) is 9.18 Å². The fourth-order valence-electron chi connectivity index (χ4n) is 3.21. The number of rotatable bonds is 5. The Bertz CT molecular complexity index is 910. The van der Waals surface area contributed by atoms with Crippen LogP contribution in [0, 0.1) is 5.82 Å². The molecule has 0 saturated carbocycles. The fraction of sp³-hybridized carbons (Fsp3) is 0.250. The molecule has 1 aromatic heterocycles. The molecule has 0 spiro atoms. The second-order valence-corrected chi connectivity index (χ2v) is 6.44. The molecule has 0 bridgehead atoms. The largest absolute Gasteiger partial charge is 0.342 e. The first-order valence-corrected chi connectivity index (χ1v) is 8.60. The molecular weight excluding hydrogens is 333 g/mol. The summed E-state index contributed by atoms with van der Waals surface area (Å²) in [6.45, 7) is 1.24. The zero-order valence-corrected chi connectivity index (χ0v) is 14.1. The Balaban J connectivity index is 1.42. The molecule has 5 nitrogen and oxygen atoms in total. The van der Waals surface area contributed by atoms with Crippen molar-refractivity contribution in [1.82, 2.24) is 15.0 Å². The maximum Gasteiger partial charge on any atom is 0.232 e. The molecule has 1 amide bonds. The second kappa shape index (κ2) is 7.07. The van der Waals surface area contributed by atoms with E-state index in [1.54, 1.807) is 12.1 Å². The number of nitrogens with zero attached hydrogens (tertiary/aromatic N) is 3. The summed E-state index contributed by atoms with van der Waals surface area (Å²) in [4.78, 5) is 18.5. The van der Waals surface area contributed by atoms with E-state index >= 15 is 0 Å². The van der Waals surface area contributed by atoms with Crippen molar-refractivity contribution in [3.63, 3.8) is 0 Å². The molecule has 0 N–H and O–H groups in total. The smallest absolute Gasteiger partial charge is 0.232 e. The number of amides is 1. The third-order valence-electron chi connectivity index (χ3n) is 4.60. The number of carbonyl (C=O) groups excluding carboxylic acids is 1. The van der Waals surface area contributed by atoms with Crippen LogP contribution in [-0.4, -0.2) is 34.0 Å². The van der Waals surface area contributed by atoms with E-state index in [2.05, 4.69) is 22.3 Å². The van der Waals surface area contributed by atoms with E-state index in [0.717, 1.165) is 6.42 Å². The van der Waals surface area contributed by atoms with Crippen LogP contribution in [0.4, 0.5) is 4.39 Å². The number of hydrogen-bond donors (Lipinski definition) is 0. The van der Waals surface area contributed by atoms with Gasteiger partial charge in [-0.2, -0.15) is 4.98 Å². The zero-order chi connectivity index (χ0) is 17.9. The van der Waals surface area contributed by atoms with E-state index in [-0.39, 0.29) is 17.6 Å². The number of benzene rings is 2. The van der Waals surface area contributed by atoms with Gasteiger partial charge < -0.3 is 9.42 Å². The van der Waals surface area contributed by atoms with Gasteiger partial charge >= 0.3 is 0 Å². The lowest BCUT2D eigenvalue weighted by molar-refractivity contribution is -0.127. The third-order valence-corrected chi connectivity index (χ3v) is 4.60. The van der Waals surface area contributed by atoms with E-state index in [1.807, 2.05) is 23.1 Å². The predicted molar refractivity (Wildman–Crippen MR) is 93.8 cm³/mol.